The summed E-state index contributed by atoms with van der Waals surface area (Å²) in [5, 5.41) is 0.298. The number of halogens is 1. The van der Waals surface area contributed by atoms with Crippen molar-refractivity contribution in [2.24, 2.45) is 0 Å². The summed E-state index contributed by atoms with van der Waals surface area (Å²) in [4.78, 5) is 11.3. The maximum atomic E-state index is 12.2. The van der Waals surface area contributed by atoms with Gasteiger partial charge < -0.3 is 4.74 Å². The molecule has 0 heterocycles. The van der Waals surface area contributed by atoms with Crippen LogP contribution in [-0.2, 0) is 14.8 Å². The molecule has 2 aromatic carbocycles. The molecule has 0 aliphatic rings. The van der Waals surface area contributed by atoms with Crippen LogP contribution < -0.4 is 4.72 Å². The number of esters is 1. The Morgan fingerprint density at radius 2 is 1.71 bits per heavy atom. The Bertz CT molecular complexity index is 757. The minimum absolute atomic E-state index is 0.0232. The summed E-state index contributed by atoms with van der Waals surface area (Å²) in [6.07, 6.45) is 0. The number of rotatable bonds is 4. The fourth-order valence-electron chi connectivity index (χ4n) is 1.64. The van der Waals surface area contributed by atoms with Crippen LogP contribution in [0.3, 0.4) is 0 Å². The van der Waals surface area contributed by atoms with E-state index in [0.29, 0.717) is 5.02 Å². The van der Waals surface area contributed by atoms with Gasteiger partial charge in [0.2, 0.25) is 0 Å². The van der Waals surface area contributed by atoms with E-state index in [-0.39, 0.29) is 16.1 Å². The average Bonchev–Trinajstić information content (AvgIpc) is 2.49. The third kappa shape index (κ3) is 3.53. The second-order valence-corrected chi connectivity index (χ2v) is 6.19. The molecule has 0 atom stereocenters. The molecule has 5 nitrogen and oxygen atoms in total. The number of sulfonamides is 1. The number of benzene rings is 2. The topological polar surface area (TPSA) is 72.5 Å². The lowest BCUT2D eigenvalue weighted by Gasteiger charge is -2.09. The molecule has 0 spiro atoms. The van der Waals surface area contributed by atoms with Gasteiger partial charge in [0.15, 0.2) is 0 Å². The summed E-state index contributed by atoms with van der Waals surface area (Å²) in [6, 6.07) is 11.9. The highest BCUT2D eigenvalue weighted by Gasteiger charge is 2.16. The molecule has 0 aliphatic carbocycles. The Balaban J connectivity index is 2.28. The van der Waals surface area contributed by atoms with Crippen LogP contribution in [0.4, 0.5) is 5.69 Å². The summed E-state index contributed by atoms with van der Waals surface area (Å²) in [7, 11) is -2.52. The fraction of sp³-hybridized carbons (Fsp3) is 0.0714. The Hall–Kier alpha value is -2.05. The van der Waals surface area contributed by atoms with E-state index in [4.69, 9.17) is 11.6 Å². The highest BCUT2D eigenvalue weighted by atomic mass is 35.5. The zero-order valence-corrected chi connectivity index (χ0v) is 12.6. The van der Waals surface area contributed by atoms with Crippen LogP contribution in [0, 0.1) is 0 Å². The first-order valence-corrected chi connectivity index (χ1v) is 7.76. The van der Waals surface area contributed by atoms with E-state index in [1.54, 1.807) is 24.3 Å². The van der Waals surface area contributed by atoms with Gasteiger partial charge in [-0.1, -0.05) is 23.7 Å². The number of nitrogens with one attached hydrogen (secondary N) is 1. The molecule has 0 saturated carbocycles. The van der Waals surface area contributed by atoms with Gasteiger partial charge >= 0.3 is 5.97 Å². The van der Waals surface area contributed by atoms with E-state index < -0.39 is 16.0 Å². The standard InChI is InChI=1S/C14H12ClNO4S/c1-20-14(17)10-6-8-11(9-7-10)21(18,19)16-13-5-3-2-4-12(13)15/h2-9,16H,1H3. The van der Waals surface area contributed by atoms with Crippen molar-refractivity contribution >= 4 is 33.3 Å². The Morgan fingerprint density at radius 3 is 2.29 bits per heavy atom. The van der Waals surface area contributed by atoms with Gasteiger partial charge in [0.25, 0.3) is 10.0 Å². The number of carbonyl (C=O) groups excluding carboxylic acids is 1. The Morgan fingerprint density at radius 1 is 1.10 bits per heavy atom. The van der Waals surface area contributed by atoms with E-state index in [2.05, 4.69) is 9.46 Å². The highest BCUT2D eigenvalue weighted by Crippen LogP contribution is 2.24. The molecule has 21 heavy (non-hydrogen) atoms. The molecule has 0 unspecified atom stereocenters. The molecule has 0 saturated heterocycles. The third-order valence-corrected chi connectivity index (χ3v) is 4.41. The third-order valence-electron chi connectivity index (χ3n) is 2.70. The monoisotopic (exact) mass is 325 g/mol. The summed E-state index contributed by atoms with van der Waals surface area (Å²) >= 11 is 5.92. The molecule has 2 rings (SSSR count). The molecule has 2 aromatic rings. The SMILES string of the molecule is COC(=O)c1ccc(S(=O)(=O)Nc2ccccc2Cl)cc1. The molecule has 7 heteroatoms. The number of carbonyl (C=O) groups is 1. The summed E-state index contributed by atoms with van der Waals surface area (Å²) < 4.78 is 31.4. The lowest BCUT2D eigenvalue weighted by molar-refractivity contribution is 0.0600. The Kier molecular flexibility index (Phi) is 4.50. The van der Waals surface area contributed by atoms with Crippen molar-refractivity contribution in [1.29, 1.82) is 0 Å². The molecule has 0 aromatic heterocycles. The van der Waals surface area contributed by atoms with Crippen LogP contribution in [0.5, 0.6) is 0 Å². The largest absolute Gasteiger partial charge is 0.465 e. The van der Waals surface area contributed by atoms with Crippen molar-refractivity contribution in [3.8, 4) is 0 Å². The van der Waals surface area contributed by atoms with Crippen molar-refractivity contribution in [2.45, 2.75) is 4.90 Å². The molecule has 0 aliphatic heterocycles. The first-order valence-electron chi connectivity index (χ1n) is 5.90. The number of methoxy groups -OCH3 is 1. The minimum atomic E-state index is -3.77. The van der Waals surface area contributed by atoms with Crippen molar-refractivity contribution in [3.63, 3.8) is 0 Å². The van der Waals surface area contributed by atoms with E-state index in [1.807, 2.05) is 0 Å². The lowest BCUT2D eigenvalue weighted by Crippen LogP contribution is -2.13. The van der Waals surface area contributed by atoms with E-state index in [1.165, 1.54) is 31.4 Å². The maximum absolute atomic E-state index is 12.2. The second kappa shape index (κ2) is 6.15. The summed E-state index contributed by atoms with van der Waals surface area (Å²) in [5.41, 5.74) is 0.561. The van der Waals surface area contributed by atoms with Crippen LogP contribution in [0.2, 0.25) is 5.02 Å². The normalized spacial score (nSPS) is 11.0. The van der Waals surface area contributed by atoms with Crippen LogP contribution in [0.15, 0.2) is 53.4 Å². The van der Waals surface area contributed by atoms with Crippen molar-refractivity contribution < 1.29 is 17.9 Å². The molecule has 110 valence electrons. The van der Waals surface area contributed by atoms with Gasteiger partial charge in [-0.05, 0) is 36.4 Å². The molecular formula is C14H12ClNO4S. The molecule has 0 amide bonds. The summed E-state index contributed by atoms with van der Waals surface area (Å²) in [6.45, 7) is 0. The summed E-state index contributed by atoms with van der Waals surface area (Å²) in [5.74, 6) is -0.530. The van der Waals surface area contributed by atoms with E-state index in [0.717, 1.165) is 0 Å². The van der Waals surface area contributed by atoms with Crippen LogP contribution >= 0.6 is 11.6 Å². The molecular weight excluding hydrogens is 314 g/mol. The van der Waals surface area contributed by atoms with Gasteiger partial charge in [0.05, 0.1) is 28.3 Å². The highest BCUT2D eigenvalue weighted by molar-refractivity contribution is 7.92. The van der Waals surface area contributed by atoms with Gasteiger partial charge in [-0.15, -0.1) is 0 Å². The number of hydrogen-bond donors (Lipinski definition) is 1. The van der Waals surface area contributed by atoms with E-state index in [9.17, 15) is 13.2 Å². The number of ether oxygens (including phenoxy) is 1. The number of anilines is 1. The maximum Gasteiger partial charge on any atom is 0.337 e. The second-order valence-electron chi connectivity index (χ2n) is 4.10. The van der Waals surface area contributed by atoms with Crippen molar-refractivity contribution in [3.05, 3.63) is 59.1 Å². The number of para-hydroxylation sites is 1. The Labute approximate surface area is 127 Å². The molecule has 0 radical (unpaired) electrons. The van der Waals surface area contributed by atoms with E-state index >= 15 is 0 Å². The van der Waals surface area contributed by atoms with Crippen LogP contribution in [-0.4, -0.2) is 21.5 Å². The lowest BCUT2D eigenvalue weighted by atomic mass is 10.2. The first-order chi connectivity index (χ1) is 9.94. The predicted molar refractivity (Wildman–Crippen MR) is 80.0 cm³/mol. The van der Waals surface area contributed by atoms with Crippen LogP contribution in [0.25, 0.3) is 0 Å². The average molecular weight is 326 g/mol. The van der Waals surface area contributed by atoms with Gasteiger partial charge in [-0.25, -0.2) is 13.2 Å². The predicted octanol–water partition coefficient (Wildman–Crippen LogP) is 2.93. The van der Waals surface area contributed by atoms with Gasteiger partial charge in [-0.3, -0.25) is 4.72 Å². The number of hydrogen-bond acceptors (Lipinski definition) is 4. The van der Waals surface area contributed by atoms with Gasteiger partial charge in [0.1, 0.15) is 0 Å². The zero-order valence-electron chi connectivity index (χ0n) is 11.0. The van der Waals surface area contributed by atoms with Gasteiger partial charge in [-0.2, -0.15) is 0 Å². The fourth-order valence-corrected chi connectivity index (χ4v) is 2.95. The van der Waals surface area contributed by atoms with Crippen LogP contribution in [0.1, 0.15) is 10.4 Å². The molecule has 0 fully saturated rings. The quantitative estimate of drug-likeness (QED) is 0.877. The smallest absolute Gasteiger partial charge is 0.337 e. The first kappa shape index (κ1) is 15.3. The van der Waals surface area contributed by atoms with Gasteiger partial charge in [0, 0.05) is 0 Å². The van der Waals surface area contributed by atoms with Crippen molar-refractivity contribution in [2.75, 3.05) is 11.8 Å². The zero-order chi connectivity index (χ0) is 15.5. The minimum Gasteiger partial charge on any atom is -0.465 e. The molecule has 0 bridgehead atoms. The van der Waals surface area contributed by atoms with Crippen molar-refractivity contribution in [1.82, 2.24) is 0 Å². The molecule has 1 N–H and O–H groups in total.